The van der Waals surface area contributed by atoms with Crippen LogP contribution in [-0.4, -0.2) is 23.5 Å². The lowest BCUT2D eigenvalue weighted by Crippen LogP contribution is -2.51. The summed E-state index contributed by atoms with van der Waals surface area (Å²) in [5.74, 6) is 0. The summed E-state index contributed by atoms with van der Waals surface area (Å²) >= 11 is 1.84. The van der Waals surface area contributed by atoms with Crippen LogP contribution in [0, 0.1) is 0 Å². The third-order valence-electron chi connectivity index (χ3n) is 4.08. The first-order valence-electron chi connectivity index (χ1n) is 7.63. The number of nitrogens with zero attached hydrogens (tertiary/aromatic N) is 1. The Balaban J connectivity index is 2.56. The summed E-state index contributed by atoms with van der Waals surface area (Å²) < 4.78 is 0. The summed E-state index contributed by atoms with van der Waals surface area (Å²) in [7, 11) is 0. The van der Waals surface area contributed by atoms with Crippen molar-refractivity contribution in [2.45, 2.75) is 65.0 Å². The summed E-state index contributed by atoms with van der Waals surface area (Å²) in [5, 5.41) is 2.16. The highest BCUT2D eigenvalue weighted by atomic mass is 32.1. The first kappa shape index (κ1) is 16.7. The lowest BCUT2D eigenvalue weighted by atomic mass is 9.92. The first-order valence-corrected chi connectivity index (χ1v) is 8.51. The molecule has 0 aliphatic carbocycles. The second-order valence-corrected chi connectivity index (χ2v) is 6.64. The molecule has 1 atom stereocenters. The van der Waals surface area contributed by atoms with E-state index in [1.54, 1.807) is 0 Å². The van der Waals surface area contributed by atoms with Crippen molar-refractivity contribution in [2.24, 2.45) is 5.73 Å². The number of thiophene rings is 1. The molecule has 0 saturated heterocycles. The number of hydrogen-bond donors (Lipinski definition) is 1. The molecule has 2 nitrogen and oxygen atoms in total. The molecule has 0 fully saturated rings. The lowest BCUT2D eigenvalue weighted by molar-refractivity contribution is 0.0976. The Morgan fingerprint density at radius 1 is 1.26 bits per heavy atom. The quantitative estimate of drug-likeness (QED) is 0.650. The molecule has 19 heavy (non-hydrogen) atoms. The van der Waals surface area contributed by atoms with E-state index in [4.69, 9.17) is 5.73 Å². The number of rotatable bonds is 10. The Morgan fingerprint density at radius 2 is 2.05 bits per heavy atom. The molecule has 2 N–H and O–H groups in total. The summed E-state index contributed by atoms with van der Waals surface area (Å²) in [5.41, 5.74) is 6.23. The predicted octanol–water partition coefficient (Wildman–Crippen LogP) is 4.26. The fourth-order valence-corrected chi connectivity index (χ4v) is 3.32. The van der Waals surface area contributed by atoms with Crippen molar-refractivity contribution in [3.63, 3.8) is 0 Å². The van der Waals surface area contributed by atoms with Crippen molar-refractivity contribution in [2.75, 3.05) is 13.1 Å². The zero-order valence-corrected chi connectivity index (χ0v) is 13.6. The van der Waals surface area contributed by atoms with E-state index in [1.807, 2.05) is 11.3 Å². The second kappa shape index (κ2) is 8.72. The van der Waals surface area contributed by atoms with Crippen molar-refractivity contribution in [1.82, 2.24) is 4.90 Å². The molecule has 1 unspecified atom stereocenters. The van der Waals surface area contributed by atoms with Gasteiger partial charge in [-0.2, -0.15) is 0 Å². The van der Waals surface area contributed by atoms with Crippen LogP contribution in [0.25, 0.3) is 0 Å². The number of nitrogens with two attached hydrogens (primary N) is 1. The molecule has 0 bridgehead atoms. The normalized spacial score (nSPS) is 14.8. The van der Waals surface area contributed by atoms with E-state index < -0.39 is 0 Å². The zero-order valence-electron chi connectivity index (χ0n) is 12.8. The number of unbranched alkanes of at least 4 members (excludes halogenated alkanes) is 3. The average Bonchev–Trinajstić information content (AvgIpc) is 2.93. The minimum absolute atomic E-state index is 0.145. The maximum Gasteiger partial charge on any atom is 0.0333 e. The Kier molecular flexibility index (Phi) is 7.66. The van der Waals surface area contributed by atoms with Crippen LogP contribution in [0.15, 0.2) is 17.5 Å². The van der Waals surface area contributed by atoms with Crippen molar-refractivity contribution >= 4 is 11.3 Å². The van der Waals surface area contributed by atoms with Gasteiger partial charge in [-0.1, -0.05) is 45.6 Å². The maximum absolute atomic E-state index is 6.09. The van der Waals surface area contributed by atoms with Gasteiger partial charge in [0, 0.05) is 23.5 Å². The molecular formula is C16H30N2S. The second-order valence-electron chi connectivity index (χ2n) is 5.61. The van der Waals surface area contributed by atoms with Gasteiger partial charge in [0.15, 0.2) is 0 Å². The fraction of sp³-hybridized carbons (Fsp3) is 0.750. The number of hydrogen-bond acceptors (Lipinski definition) is 3. The van der Waals surface area contributed by atoms with Gasteiger partial charge >= 0.3 is 0 Å². The van der Waals surface area contributed by atoms with Crippen LogP contribution >= 0.6 is 11.3 Å². The summed E-state index contributed by atoms with van der Waals surface area (Å²) in [6.07, 6.45) is 6.48. The molecule has 1 aromatic rings. The fourth-order valence-electron chi connectivity index (χ4n) is 2.60. The SMILES string of the molecule is CCCCCCC(C)(CN)N(CC)Cc1cccs1. The topological polar surface area (TPSA) is 29.3 Å². The summed E-state index contributed by atoms with van der Waals surface area (Å²) in [6, 6.07) is 4.36. The van der Waals surface area contributed by atoms with Crippen LogP contribution in [0.1, 0.15) is 57.8 Å². The van der Waals surface area contributed by atoms with E-state index in [-0.39, 0.29) is 5.54 Å². The van der Waals surface area contributed by atoms with E-state index in [2.05, 4.69) is 43.2 Å². The van der Waals surface area contributed by atoms with Gasteiger partial charge in [-0.3, -0.25) is 4.90 Å². The zero-order chi connectivity index (χ0) is 14.1. The maximum atomic E-state index is 6.09. The van der Waals surface area contributed by atoms with Crippen molar-refractivity contribution < 1.29 is 0 Å². The van der Waals surface area contributed by atoms with Gasteiger partial charge in [0.2, 0.25) is 0 Å². The molecule has 1 aromatic heterocycles. The molecule has 0 radical (unpaired) electrons. The van der Waals surface area contributed by atoms with Crippen LogP contribution in [-0.2, 0) is 6.54 Å². The summed E-state index contributed by atoms with van der Waals surface area (Å²) in [6.45, 7) is 9.69. The Morgan fingerprint density at radius 3 is 2.58 bits per heavy atom. The van der Waals surface area contributed by atoms with Gasteiger partial charge in [0.05, 0.1) is 0 Å². The molecule has 3 heteroatoms. The van der Waals surface area contributed by atoms with Gasteiger partial charge in [0.1, 0.15) is 0 Å². The van der Waals surface area contributed by atoms with Crippen molar-refractivity contribution in [1.29, 1.82) is 0 Å². The van der Waals surface area contributed by atoms with Gasteiger partial charge in [0.25, 0.3) is 0 Å². The minimum atomic E-state index is 0.145. The average molecular weight is 282 g/mol. The Labute approximate surface area is 123 Å². The van der Waals surface area contributed by atoms with E-state index in [0.29, 0.717) is 0 Å². The standard InChI is InChI=1S/C16H30N2S/c1-4-6-7-8-11-16(3,14-17)18(5-2)13-15-10-9-12-19-15/h9-10,12H,4-8,11,13-14,17H2,1-3H3. The lowest BCUT2D eigenvalue weighted by Gasteiger charge is -2.40. The van der Waals surface area contributed by atoms with Gasteiger partial charge in [-0.25, -0.2) is 0 Å². The molecule has 0 amide bonds. The van der Waals surface area contributed by atoms with E-state index in [9.17, 15) is 0 Å². The third kappa shape index (κ3) is 5.25. The molecule has 0 aliphatic rings. The monoisotopic (exact) mass is 282 g/mol. The molecule has 1 heterocycles. The number of likely N-dealkylation sites (N-methyl/N-ethyl adjacent to an activating group) is 1. The van der Waals surface area contributed by atoms with Crippen LogP contribution in [0.3, 0.4) is 0 Å². The molecular weight excluding hydrogens is 252 g/mol. The van der Waals surface area contributed by atoms with Crippen LogP contribution in [0.4, 0.5) is 0 Å². The van der Waals surface area contributed by atoms with Gasteiger partial charge in [-0.15, -0.1) is 11.3 Å². The van der Waals surface area contributed by atoms with Crippen molar-refractivity contribution in [3.8, 4) is 0 Å². The van der Waals surface area contributed by atoms with Gasteiger partial charge in [-0.05, 0) is 31.3 Å². The Bertz CT molecular complexity index is 323. The predicted molar refractivity (Wildman–Crippen MR) is 86.6 cm³/mol. The van der Waals surface area contributed by atoms with Crippen LogP contribution < -0.4 is 5.73 Å². The molecule has 1 rings (SSSR count). The van der Waals surface area contributed by atoms with Crippen LogP contribution in [0.5, 0.6) is 0 Å². The highest BCUT2D eigenvalue weighted by Crippen LogP contribution is 2.25. The smallest absolute Gasteiger partial charge is 0.0333 e. The van der Waals surface area contributed by atoms with Crippen LogP contribution in [0.2, 0.25) is 0 Å². The van der Waals surface area contributed by atoms with E-state index in [1.165, 1.54) is 37.0 Å². The molecule has 0 aromatic carbocycles. The first-order chi connectivity index (χ1) is 9.16. The molecule has 0 saturated carbocycles. The Hall–Kier alpha value is -0.380. The molecule has 110 valence electrons. The van der Waals surface area contributed by atoms with Gasteiger partial charge < -0.3 is 5.73 Å². The molecule has 0 aliphatic heterocycles. The van der Waals surface area contributed by atoms with Crippen molar-refractivity contribution in [3.05, 3.63) is 22.4 Å². The minimum Gasteiger partial charge on any atom is -0.329 e. The van der Waals surface area contributed by atoms with E-state index in [0.717, 1.165) is 19.6 Å². The highest BCUT2D eigenvalue weighted by molar-refractivity contribution is 7.09. The van der Waals surface area contributed by atoms with E-state index >= 15 is 0 Å². The third-order valence-corrected chi connectivity index (χ3v) is 4.94. The largest absolute Gasteiger partial charge is 0.329 e. The molecule has 0 spiro atoms. The summed E-state index contributed by atoms with van der Waals surface area (Å²) in [4.78, 5) is 3.99. The highest BCUT2D eigenvalue weighted by Gasteiger charge is 2.29.